The summed E-state index contributed by atoms with van der Waals surface area (Å²) in [7, 11) is 1.62. The van der Waals surface area contributed by atoms with Crippen molar-refractivity contribution in [3.8, 4) is 5.75 Å². The van der Waals surface area contributed by atoms with Crippen LogP contribution in [0.3, 0.4) is 0 Å². The summed E-state index contributed by atoms with van der Waals surface area (Å²) < 4.78 is 5.39. The van der Waals surface area contributed by atoms with Crippen LogP contribution in [0.1, 0.15) is 12.5 Å². The summed E-state index contributed by atoms with van der Waals surface area (Å²) in [5.41, 5.74) is 7.24. The molecule has 2 heterocycles. The zero-order valence-electron chi connectivity index (χ0n) is 13.3. The number of fused-ring (bicyclic) bond motifs is 1. The van der Waals surface area contributed by atoms with Gasteiger partial charge in [0, 0.05) is 30.2 Å². The van der Waals surface area contributed by atoms with Crippen LogP contribution in [0.15, 0.2) is 24.4 Å². The maximum atomic E-state index is 12.6. The number of likely N-dealkylation sites (tertiary alicyclic amines) is 1. The summed E-state index contributed by atoms with van der Waals surface area (Å²) in [6.07, 6.45) is 2.12. The standard InChI is InChI=1S/C17H21N3O3/c1-10-8-20(9-12(10)17(18)22)15(21)6-11-7-19-13-4-3-5-14(23-2)16(11)13/h3-5,7,10,12,19H,6,8-9H2,1-2H3,(H2,18,22)/t10-,12-/m1/s1. The van der Waals surface area contributed by atoms with Gasteiger partial charge in [-0.25, -0.2) is 0 Å². The first-order chi connectivity index (χ1) is 11.0. The Hall–Kier alpha value is -2.50. The quantitative estimate of drug-likeness (QED) is 0.891. The Labute approximate surface area is 134 Å². The molecule has 3 N–H and O–H groups in total. The number of nitrogens with one attached hydrogen (secondary N) is 1. The summed E-state index contributed by atoms with van der Waals surface area (Å²) in [4.78, 5) is 28.9. The van der Waals surface area contributed by atoms with E-state index in [0.29, 0.717) is 13.1 Å². The SMILES string of the molecule is COc1cccc2[nH]cc(CC(=O)N3C[C@@H](C)[C@H](C(N)=O)C3)c12. The number of hydrogen-bond acceptors (Lipinski definition) is 3. The highest BCUT2D eigenvalue weighted by molar-refractivity contribution is 5.93. The highest BCUT2D eigenvalue weighted by atomic mass is 16.5. The Morgan fingerprint density at radius 2 is 2.17 bits per heavy atom. The number of nitrogens with zero attached hydrogens (tertiary/aromatic N) is 1. The first-order valence-corrected chi connectivity index (χ1v) is 7.71. The lowest BCUT2D eigenvalue weighted by Gasteiger charge is -2.16. The van der Waals surface area contributed by atoms with Gasteiger partial charge in [0.1, 0.15) is 5.75 Å². The summed E-state index contributed by atoms with van der Waals surface area (Å²) in [5, 5.41) is 0.932. The van der Waals surface area contributed by atoms with Gasteiger partial charge in [-0.3, -0.25) is 9.59 Å². The van der Waals surface area contributed by atoms with E-state index in [9.17, 15) is 9.59 Å². The molecule has 23 heavy (non-hydrogen) atoms. The molecule has 6 nitrogen and oxygen atoms in total. The van der Waals surface area contributed by atoms with Crippen LogP contribution in [-0.4, -0.2) is 41.9 Å². The highest BCUT2D eigenvalue weighted by Crippen LogP contribution is 2.30. The molecule has 2 amide bonds. The van der Waals surface area contributed by atoms with Gasteiger partial charge in [-0.1, -0.05) is 13.0 Å². The van der Waals surface area contributed by atoms with Gasteiger partial charge in [0.15, 0.2) is 0 Å². The van der Waals surface area contributed by atoms with E-state index in [1.165, 1.54) is 0 Å². The lowest BCUT2D eigenvalue weighted by molar-refractivity contribution is -0.129. The Kier molecular flexibility index (Phi) is 3.98. The van der Waals surface area contributed by atoms with Crippen LogP contribution < -0.4 is 10.5 Å². The van der Waals surface area contributed by atoms with Gasteiger partial charge in [0.2, 0.25) is 11.8 Å². The van der Waals surface area contributed by atoms with Crippen molar-refractivity contribution in [2.24, 2.45) is 17.6 Å². The molecule has 0 aliphatic carbocycles. The van der Waals surface area contributed by atoms with E-state index in [1.54, 1.807) is 12.0 Å². The molecule has 0 radical (unpaired) electrons. The first kappa shape index (κ1) is 15.4. The van der Waals surface area contributed by atoms with Gasteiger partial charge in [-0.2, -0.15) is 0 Å². The number of carbonyl (C=O) groups excluding carboxylic acids is 2. The normalized spacial score (nSPS) is 20.9. The molecule has 0 unspecified atom stereocenters. The molecule has 1 aromatic heterocycles. The van der Waals surface area contributed by atoms with Crippen LogP contribution >= 0.6 is 0 Å². The zero-order valence-corrected chi connectivity index (χ0v) is 13.3. The molecular formula is C17H21N3O3. The number of aromatic nitrogens is 1. The molecule has 6 heteroatoms. The van der Waals surface area contributed by atoms with Gasteiger partial charge in [0.25, 0.3) is 0 Å². The minimum absolute atomic E-state index is 0.00686. The van der Waals surface area contributed by atoms with E-state index < -0.39 is 0 Å². The average molecular weight is 315 g/mol. The van der Waals surface area contributed by atoms with Crippen LogP contribution in [0, 0.1) is 11.8 Å². The number of amides is 2. The van der Waals surface area contributed by atoms with Crippen LogP contribution in [0.25, 0.3) is 10.9 Å². The molecule has 1 saturated heterocycles. The van der Waals surface area contributed by atoms with E-state index >= 15 is 0 Å². The number of nitrogens with two attached hydrogens (primary N) is 1. The third-order valence-corrected chi connectivity index (χ3v) is 4.64. The summed E-state index contributed by atoms with van der Waals surface area (Å²) in [6, 6.07) is 5.74. The lowest BCUT2D eigenvalue weighted by Crippen LogP contribution is -2.32. The van der Waals surface area contributed by atoms with Crippen LogP contribution in [0.2, 0.25) is 0 Å². The van der Waals surface area contributed by atoms with E-state index in [4.69, 9.17) is 10.5 Å². The van der Waals surface area contributed by atoms with Crippen molar-refractivity contribution in [2.75, 3.05) is 20.2 Å². The molecule has 122 valence electrons. The molecule has 0 saturated carbocycles. The third kappa shape index (κ3) is 2.76. The molecule has 1 aromatic carbocycles. The number of benzene rings is 1. The maximum Gasteiger partial charge on any atom is 0.227 e. The van der Waals surface area contributed by atoms with Crippen LogP contribution in [0.4, 0.5) is 0 Å². The second-order valence-corrected chi connectivity index (χ2v) is 6.16. The minimum atomic E-state index is -0.332. The Bertz CT molecular complexity index is 753. The van der Waals surface area contributed by atoms with Crippen molar-refractivity contribution in [1.82, 2.24) is 9.88 Å². The summed E-state index contributed by atoms with van der Waals surface area (Å²) in [5.74, 6) is 0.274. The molecule has 0 bridgehead atoms. The molecule has 3 rings (SSSR count). The van der Waals surface area contributed by atoms with Crippen LogP contribution in [0.5, 0.6) is 5.75 Å². The average Bonchev–Trinajstić information content (AvgIpc) is 3.11. The molecule has 1 aliphatic rings. The van der Waals surface area contributed by atoms with E-state index in [0.717, 1.165) is 22.2 Å². The largest absolute Gasteiger partial charge is 0.496 e. The fourth-order valence-electron chi connectivity index (χ4n) is 3.34. The Morgan fingerprint density at radius 1 is 1.39 bits per heavy atom. The van der Waals surface area contributed by atoms with Gasteiger partial charge in [0.05, 0.1) is 19.4 Å². The second kappa shape index (κ2) is 5.95. The number of ether oxygens (including phenoxy) is 1. The number of primary amides is 1. The van der Waals surface area contributed by atoms with E-state index in [-0.39, 0.29) is 30.1 Å². The van der Waals surface area contributed by atoms with Crippen molar-refractivity contribution in [1.29, 1.82) is 0 Å². The lowest BCUT2D eigenvalue weighted by atomic mass is 9.98. The van der Waals surface area contributed by atoms with Crippen molar-refractivity contribution >= 4 is 22.7 Å². The molecule has 2 atom stereocenters. The smallest absolute Gasteiger partial charge is 0.227 e. The summed E-state index contributed by atoms with van der Waals surface area (Å²) >= 11 is 0. The number of hydrogen-bond donors (Lipinski definition) is 2. The molecule has 2 aromatic rings. The van der Waals surface area contributed by atoms with Crippen molar-refractivity contribution in [3.05, 3.63) is 30.0 Å². The highest BCUT2D eigenvalue weighted by Gasteiger charge is 2.35. The number of carbonyl (C=O) groups is 2. The summed E-state index contributed by atoms with van der Waals surface area (Å²) in [6.45, 7) is 2.94. The zero-order chi connectivity index (χ0) is 16.6. The van der Waals surface area contributed by atoms with Crippen molar-refractivity contribution < 1.29 is 14.3 Å². The van der Waals surface area contributed by atoms with Crippen LogP contribution in [-0.2, 0) is 16.0 Å². The molecule has 1 fully saturated rings. The van der Waals surface area contributed by atoms with Crippen molar-refractivity contribution in [2.45, 2.75) is 13.3 Å². The number of methoxy groups -OCH3 is 1. The predicted molar refractivity (Wildman–Crippen MR) is 87.0 cm³/mol. The van der Waals surface area contributed by atoms with Gasteiger partial charge in [-0.05, 0) is 23.6 Å². The van der Waals surface area contributed by atoms with Gasteiger partial charge < -0.3 is 20.4 Å². The second-order valence-electron chi connectivity index (χ2n) is 6.16. The fourth-order valence-corrected chi connectivity index (χ4v) is 3.34. The molecular weight excluding hydrogens is 294 g/mol. The first-order valence-electron chi connectivity index (χ1n) is 7.71. The topological polar surface area (TPSA) is 88.4 Å². The number of aromatic amines is 1. The minimum Gasteiger partial charge on any atom is -0.496 e. The van der Waals surface area contributed by atoms with Crippen molar-refractivity contribution in [3.63, 3.8) is 0 Å². The maximum absolute atomic E-state index is 12.6. The number of H-pyrrole nitrogens is 1. The Balaban J connectivity index is 1.80. The van der Waals surface area contributed by atoms with E-state index in [2.05, 4.69) is 4.98 Å². The third-order valence-electron chi connectivity index (χ3n) is 4.64. The fraction of sp³-hybridized carbons (Fsp3) is 0.412. The van der Waals surface area contributed by atoms with Gasteiger partial charge in [-0.15, -0.1) is 0 Å². The molecule has 0 spiro atoms. The van der Waals surface area contributed by atoms with E-state index in [1.807, 2.05) is 31.3 Å². The molecule has 1 aliphatic heterocycles. The monoisotopic (exact) mass is 315 g/mol. The van der Waals surface area contributed by atoms with Gasteiger partial charge >= 0.3 is 0 Å². The predicted octanol–water partition coefficient (Wildman–Crippen LogP) is 1.30. The Morgan fingerprint density at radius 3 is 2.83 bits per heavy atom. The number of rotatable bonds is 4.